The Hall–Kier alpha value is -3.23. The lowest BCUT2D eigenvalue weighted by Gasteiger charge is -2.39. The summed E-state index contributed by atoms with van der Waals surface area (Å²) in [4.78, 5) is 15.2. The number of carbonyl (C=O) groups is 1. The Kier molecular flexibility index (Phi) is 4.81. The van der Waals surface area contributed by atoms with E-state index in [4.69, 9.17) is 10.1 Å². The van der Waals surface area contributed by atoms with Crippen molar-refractivity contribution < 1.29 is 9.53 Å². The highest BCUT2D eigenvalue weighted by Crippen LogP contribution is 2.42. The Morgan fingerprint density at radius 1 is 1.11 bits per heavy atom. The quantitative estimate of drug-likeness (QED) is 0.890. The molecule has 0 bridgehead atoms. The van der Waals surface area contributed by atoms with Crippen molar-refractivity contribution in [3.05, 3.63) is 83.1 Å². The number of Topliss-reactive ketones (excluding diaryl/α,β-unsaturated/α-hetero) is 1. The van der Waals surface area contributed by atoms with Gasteiger partial charge in [-0.2, -0.15) is 5.26 Å². The minimum absolute atomic E-state index is 0.0364. The fraction of sp³-hybridized carbons (Fsp3) is 0.261. The van der Waals surface area contributed by atoms with Gasteiger partial charge in [0.2, 0.25) is 5.90 Å². The molecule has 28 heavy (non-hydrogen) atoms. The summed E-state index contributed by atoms with van der Waals surface area (Å²) in [6.07, 6.45) is 0. The molecule has 0 saturated carbocycles. The molecule has 0 amide bonds. The van der Waals surface area contributed by atoms with E-state index >= 15 is 0 Å². The van der Waals surface area contributed by atoms with Gasteiger partial charge in [0.05, 0.1) is 19.2 Å². The number of carbonyl (C=O) groups excluding carboxylic acids is 1. The van der Waals surface area contributed by atoms with Crippen molar-refractivity contribution in [3.63, 3.8) is 0 Å². The number of benzene rings is 2. The Balaban J connectivity index is 1.73. The summed E-state index contributed by atoms with van der Waals surface area (Å²) in [6, 6.07) is 21.7. The first kappa shape index (κ1) is 18.1. The van der Waals surface area contributed by atoms with Gasteiger partial charge in [0.1, 0.15) is 11.7 Å². The zero-order chi connectivity index (χ0) is 19.7. The minimum Gasteiger partial charge on any atom is -0.445 e. The second kappa shape index (κ2) is 7.41. The summed E-state index contributed by atoms with van der Waals surface area (Å²) in [5.74, 6) is -0.862. The number of ether oxygens (including phenoxy) is 1. The van der Waals surface area contributed by atoms with Crippen LogP contribution in [0.1, 0.15) is 30.0 Å². The number of rotatable bonds is 3. The molecule has 0 radical (unpaired) electrons. The standard InChI is InChI=1S/C23H21N3O2/c1-15(16-8-4-2-5-9-16)26-13-19(27)22-20(14-26)28-23(25)18(12-24)21(22)17-10-6-3-7-11-17/h2-11,15,18,21,25H,13-14H2,1H3/t15-,18?,21+/m1/s1. The smallest absolute Gasteiger partial charge is 0.205 e. The van der Waals surface area contributed by atoms with Crippen molar-refractivity contribution in [2.45, 2.75) is 18.9 Å². The molecule has 3 atom stereocenters. The first-order valence-corrected chi connectivity index (χ1v) is 9.36. The number of nitrogens with zero attached hydrogens (tertiary/aromatic N) is 2. The number of ketones is 1. The summed E-state index contributed by atoms with van der Waals surface area (Å²) in [5, 5.41) is 17.9. The molecule has 5 heteroatoms. The lowest BCUT2D eigenvalue weighted by atomic mass is 9.76. The van der Waals surface area contributed by atoms with Crippen LogP contribution in [0.3, 0.4) is 0 Å². The zero-order valence-corrected chi connectivity index (χ0v) is 15.6. The van der Waals surface area contributed by atoms with Crippen LogP contribution in [-0.4, -0.2) is 29.7 Å². The molecule has 2 aliphatic heterocycles. The van der Waals surface area contributed by atoms with Crippen molar-refractivity contribution in [2.75, 3.05) is 13.1 Å². The summed E-state index contributed by atoms with van der Waals surface area (Å²) < 4.78 is 5.71. The molecule has 2 aliphatic rings. The predicted octanol–water partition coefficient (Wildman–Crippen LogP) is 3.82. The molecule has 1 unspecified atom stereocenters. The molecule has 0 aliphatic carbocycles. The number of hydrogen-bond acceptors (Lipinski definition) is 5. The number of nitriles is 1. The third kappa shape index (κ3) is 3.12. The largest absolute Gasteiger partial charge is 0.445 e. The van der Waals surface area contributed by atoms with E-state index in [9.17, 15) is 10.1 Å². The van der Waals surface area contributed by atoms with E-state index < -0.39 is 11.8 Å². The number of hydrogen-bond donors (Lipinski definition) is 1. The molecular formula is C23H21N3O2. The normalized spacial score (nSPS) is 23.6. The van der Waals surface area contributed by atoms with E-state index in [1.54, 1.807) is 0 Å². The maximum atomic E-state index is 13.2. The molecule has 0 saturated heterocycles. The molecule has 1 N–H and O–H groups in total. The predicted molar refractivity (Wildman–Crippen MR) is 106 cm³/mol. The second-order valence-electron chi connectivity index (χ2n) is 7.21. The van der Waals surface area contributed by atoms with E-state index in [-0.39, 0.29) is 24.3 Å². The molecule has 0 aromatic heterocycles. The van der Waals surface area contributed by atoms with Gasteiger partial charge < -0.3 is 4.74 Å². The van der Waals surface area contributed by atoms with Gasteiger partial charge in [0, 0.05) is 17.5 Å². The van der Waals surface area contributed by atoms with E-state index in [0.29, 0.717) is 17.9 Å². The summed E-state index contributed by atoms with van der Waals surface area (Å²) in [6.45, 7) is 2.78. The molecule has 2 aromatic rings. The fourth-order valence-electron chi connectivity index (χ4n) is 4.07. The van der Waals surface area contributed by atoms with Crippen LogP contribution in [0.5, 0.6) is 0 Å². The zero-order valence-electron chi connectivity index (χ0n) is 15.6. The Morgan fingerprint density at radius 2 is 1.75 bits per heavy atom. The number of nitrogens with one attached hydrogen (secondary N) is 1. The molecule has 4 rings (SSSR count). The monoisotopic (exact) mass is 371 g/mol. The Morgan fingerprint density at radius 3 is 2.39 bits per heavy atom. The summed E-state index contributed by atoms with van der Waals surface area (Å²) in [7, 11) is 0. The highest BCUT2D eigenvalue weighted by Gasteiger charge is 2.44. The van der Waals surface area contributed by atoms with Crippen molar-refractivity contribution in [2.24, 2.45) is 5.92 Å². The molecule has 140 valence electrons. The molecule has 0 fully saturated rings. The minimum atomic E-state index is -0.789. The molecular weight excluding hydrogens is 350 g/mol. The van der Waals surface area contributed by atoms with E-state index in [2.05, 4.69) is 17.9 Å². The topological polar surface area (TPSA) is 77.2 Å². The molecule has 2 aromatic carbocycles. The summed E-state index contributed by atoms with van der Waals surface area (Å²) in [5.41, 5.74) is 2.54. The third-order valence-electron chi connectivity index (χ3n) is 5.58. The van der Waals surface area contributed by atoms with Crippen LogP contribution in [-0.2, 0) is 9.53 Å². The Bertz CT molecular complexity index is 976. The van der Waals surface area contributed by atoms with Crippen LogP contribution in [0.25, 0.3) is 0 Å². The van der Waals surface area contributed by atoms with Gasteiger partial charge in [-0.1, -0.05) is 60.7 Å². The van der Waals surface area contributed by atoms with Crippen LogP contribution in [0.2, 0.25) is 0 Å². The average molecular weight is 371 g/mol. The third-order valence-corrected chi connectivity index (χ3v) is 5.58. The van der Waals surface area contributed by atoms with E-state index in [1.165, 1.54) is 0 Å². The lowest BCUT2D eigenvalue weighted by Crippen LogP contribution is -2.45. The maximum absolute atomic E-state index is 13.2. The first-order chi connectivity index (χ1) is 13.6. The van der Waals surface area contributed by atoms with Crippen LogP contribution in [0, 0.1) is 22.7 Å². The van der Waals surface area contributed by atoms with Gasteiger partial charge in [-0.25, -0.2) is 0 Å². The highest BCUT2D eigenvalue weighted by molar-refractivity contribution is 6.02. The first-order valence-electron chi connectivity index (χ1n) is 9.36. The van der Waals surface area contributed by atoms with E-state index in [1.807, 2.05) is 60.7 Å². The second-order valence-corrected chi connectivity index (χ2v) is 7.21. The SMILES string of the molecule is C[C@H](c1ccccc1)N1CC(=O)C2=C(C1)OC(=N)C(C#N)[C@@H]2c1ccccc1. The van der Waals surface area contributed by atoms with Crippen molar-refractivity contribution >= 4 is 11.7 Å². The molecule has 0 spiro atoms. The van der Waals surface area contributed by atoms with Gasteiger partial charge >= 0.3 is 0 Å². The van der Waals surface area contributed by atoms with Gasteiger partial charge in [-0.05, 0) is 18.1 Å². The van der Waals surface area contributed by atoms with E-state index in [0.717, 1.165) is 11.1 Å². The van der Waals surface area contributed by atoms with Crippen LogP contribution in [0.4, 0.5) is 0 Å². The fourth-order valence-corrected chi connectivity index (χ4v) is 4.07. The Labute approximate surface area is 164 Å². The molecule has 5 nitrogen and oxygen atoms in total. The molecule has 2 heterocycles. The van der Waals surface area contributed by atoms with Crippen LogP contribution < -0.4 is 0 Å². The average Bonchev–Trinajstić information content (AvgIpc) is 2.73. The van der Waals surface area contributed by atoms with Gasteiger partial charge in [-0.3, -0.25) is 15.1 Å². The van der Waals surface area contributed by atoms with Gasteiger partial charge in [-0.15, -0.1) is 0 Å². The highest BCUT2D eigenvalue weighted by atomic mass is 16.5. The van der Waals surface area contributed by atoms with Crippen LogP contribution in [0.15, 0.2) is 72.0 Å². The van der Waals surface area contributed by atoms with Crippen LogP contribution >= 0.6 is 0 Å². The summed E-state index contributed by atoms with van der Waals surface area (Å²) >= 11 is 0. The van der Waals surface area contributed by atoms with Gasteiger partial charge in [0.25, 0.3) is 0 Å². The maximum Gasteiger partial charge on any atom is 0.205 e. The van der Waals surface area contributed by atoms with Gasteiger partial charge in [0.15, 0.2) is 5.78 Å². The van der Waals surface area contributed by atoms with Crippen molar-refractivity contribution in [1.82, 2.24) is 4.90 Å². The van der Waals surface area contributed by atoms with Crippen molar-refractivity contribution in [1.29, 1.82) is 10.7 Å². The lowest BCUT2D eigenvalue weighted by molar-refractivity contribution is -0.118. The van der Waals surface area contributed by atoms with Crippen molar-refractivity contribution in [3.8, 4) is 6.07 Å².